The highest BCUT2D eigenvalue weighted by atomic mass is 32.3. The first-order valence-electron chi connectivity index (χ1n) is 6.53. The molecule has 22 heavy (non-hydrogen) atoms. The van der Waals surface area contributed by atoms with E-state index in [4.69, 9.17) is 5.14 Å². The van der Waals surface area contributed by atoms with E-state index in [1.54, 1.807) is 6.92 Å². The van der Waals surface area contributed by atoms with E-state index in [1.807, 2.05) is 6.92 Å². The lowest BCUT2D eigenvalue weighted by molar-refractivity contribution is 0.235. The number of sulfonamides is 1. The maximum Gasteiger partial charge on any atom is 0.346 e. The number of hydrogen-bond donors (Lipinski definition) is 2. The third-order valence-electron chi connectivity index (χ3n) is 2.74. The molecule has 0 aliphatic rings. The van der Waals surface area contributed by atoms with Crippen LogP contribution in [0.2, 0.25) is 0 Å². The van der Waals surface area contributed by atoms with Crippen molar-refractivity contribution in [3.05, 3.63) is 29.8 Å². The summed E-state index contributed by atoms with van der Waals surface area (Å²) in [6.45, 7) is 3.75. The summed E-state index contributed by atoms with van der Waals surface area (Å²) < 4.78 is 47.5. The van der Waals surface area contributed by atoms with Gasteiger partial charge in [-0.1, -0.05) is 34.8 Å². The van der Waals surface area contributed by atoms with Crippen molar-refractivity contribution in [2.24, 2.45) is 5.14 Å². The van der Waals surface area contributed by atoms with Crippen molar-refractivity contribution in [2.45, 2.75) is 31.6 Å². The van der Waals surface area contributed by atoms with Gasteiger partial charge in [-0.2, -0.15) is 16.8 Å². The van der Waals surface area contributed by atoms with Crippen LogP contribution in [0.5, 0.6) is 0 Å². The fourth-order valence-corrected chi connectivity index (χ4v) is 4.21. The first kappa shape index (κ1) is 18.4. The molecule has 3 N–H and O–H groups in total. The van der Waals surface area contributed by atoms with Crippen LogP contribution in [-0.2, 0) is 20.2 Å². The molecule has 0 aliphatic heterocycles. The maximum absolute atomic E-state index is 12.4. The molecule has 0 aromatic heterocycles. The Bertz CT molecular complexity index is 727. The highest BCUT2D eigenvalue weighted by Gasteiger charge is 2.37. The lowest BCUT2D eigenvalue weighted by atomic mass is 10.2. The smallest absolute Gasteiger partial charge is 0.336 e. The zero-order chi connectivity index (χ0) is 17.0. The Kier molecular flexibility index (Phi) is 5.92. The van der Waals surface area contributed by atoms with Crippen molar-refractivity contribution in [3.8, 4) is 0 Å². The summed E-state index contributed by atoms with van der Waals surface area (Å²) in [6, 6.07) is 4.10. The Balaban J connectivity index is 3.22. The first-order valence-corrected chi connectivity index (χ1v) is 9.47. The second-order valence-electron chi connectivity index (χ2n) is 4.65. The molecule has 1 rings (SSSR count). The standard InChI is InChI=1S/C12H19N3O5S2/c1-3-4-9-14-12(16)15(22(13,19)20)21(17,18)11-7-5-10(2)6-8-11/h5-8H,3-4,9H2,1-2H3,(H,14,16)(H2,13,19,20). The Morgan fingerprint density at radius 1 is 1.18 bits per heavy atom. The van der Waals surface area contributed by atoms with E-state index in [9.17, 15) is 21.6 Å². The topological polar surface area (TPSA) is 127 Å². The number of nitrogens with one attached hydrogen (secondary N) is 1. The molecule has 1 aromatic carbocycles. The number of urea groups is 1. The van der Waals surface area contributed by atoms with E-state index in [2.05, 4.69) is 5.32 Å². The number of aryl methyl sites for hydroxylation is 1. The number of amides is 2. The van der Waals surface area contributed by atoms with Crippen LogP contribution in [0.25, 0.3) is 0 Å². The predicted molar refractivity (Wildman–Crippen MR) is 81.6 cm³/mol. The van der Waals surface area contributed by atoms with Gasteiger partial charge in [0.25, 0.3) is 10.0 Å². The van der Waals surface area contributed by atoms with E-state index < -0.39 is 26.3 Å². The number of carbonyl (C=O) groups is 1. The molecule has 0 bridgehead atoms. The number of hydrogen-bond acceptors (Lipinski definition) is 5. The van der Waals surface area contributed by atoms with Crippen LogP contribution >= 0.6 is 0 Å². The van der Waals surface area contributed by atoms with Crippen LogP contribution in [0.3, 0.4) is 0 Å². The van der Waals surface area contributed by atoms with Gasteiger partial charge in [0.2, 0.25) is 0 Å². The lowest BCUT2D eigenvalue weighted by Gasteiger charge is -2.20. The van der Waals surface area contributed by atoms with Gasteiger partial charge in [0.05, 0.1) is 4.90 Å². The third kappa shape index (κ3) is 4.42. The monoisotopic (exact) mass is 349 g/mol. The van der Waals surface area contributed by atoms with Crippen molar-refractivity contribution in [3.63, 3.8) is 0 Å². The normalized spacial score (nSPS) is 12.0. The molecule has 0 heterocycles. The van der Waals surface area contributed by atoms with Crippen LogP contribution in [0.1, 0.15) is 25.3 Å². The van der Waals surface area contributed by atoms with Gasteiger partial charge in [-0.25, -0.2) is 9.93 Å². The van der Waals surface area contributed by atoms with E-state index in [0.29, 0.717) is 6.42 Å². The summed E-state index contributed by atoms with van der Waals surface area (Å²) in [7, 11) is -9.39. The molecule has 0 radical (unpaired) electrons. The Hall–Kier alpha value is -1.65. The quantitative estimate of drug-likeness (QED) is 0.731. The van der Waals surface area contributed by atoms with Gasteiger partial charge in [0.1, 0.15) is 0 Å². The van der Waals surface area contributed by atoms with Crippen molar-refractivity contribution in [1.82, 2.24) is 9.03 Å². The number of unbranched alkanes of at least 4 members (excludes halogenated alkanes) is 1. The molecule has 1 aromatic rings. The highest BCUT2D eigenvalue weighted by Crippen LogP contribution is 2.18. The average molecular weight is 349 g/mol. The van der Waals surface area contributed by atoms with E-state index in [1.165, 1.54) is 24.3 Å². The van der Waals surface area contributed by atoms with Gasteiger partial charge < -0.3 is 5.32 Å². The summed E-state index contributed by atoms with van der Waals surface area (Å²) in [5, 5.41) is 7.12. The summed E-state index contributed by atoms with van der Waals surface area (Å²) in [5.74, 6) is 0. The zero-order valence-corrected chi connectivity index (χ0v) is 13.9. The number of carbonyl (C=O) groups excluding carboxylic acids is 1. The number of nitrogens with zero attached hydrogens (tertiary/aromatic N) is 1. The van der Waals surface area contributed by atoms with Crippen molar-refractivity contribution < 1.29 is 21.6 Å². The molecule has 10 heteroatoms. The highest BCUT2D eigenvalue weighted by molar-refractivity contribution is 8.03. The molecule has 0 saturated carbocycles. The van der Waals surface area contributed by atoms with Crippen LogP contribution in [-0.4, -0.2) is 33.1 Å². The van der Waals surface area contributed by atoms with E-state index in [-0.39, 0.29) is 15.2 Å². The van der Waals surface area contributed by atoms with Crippen molar-refractivity contribution in [1.29, 1.82) is 0 Å². The molecular weight excluding hydrogens is 330 g/mol. The number of nitrogens with two attached hydrogens (primary N) is 1. The molecule has 0 fully saturated rings. The first-order chi connectivity index (χ1) is 10.1. The number of benzene rings is 1. The van der Waals surface area contributed by atoms with Crippen molar-refractivity contribution >= 4 is 26.3 Å². The molecule has 2 amide bonds. The fourth-order valence-electron chi connectivity index (χ4n) is 1.60. The van der Waals surface area contributed by atoms with E-state index >= 15 is 0 Å². The van der Waals surface area contributed by atoms with Gasteiger partial charge in [-0.3, -0.25) is 0 Å². The molecule has 0 unspecified atom stereocenters. The summed E-state index contributed by atoms with van der Waals surface area (Å²) in [4.78, 5) is 11.6. The average Bonchev–Trinajstić information content (AvgIpc) is 2.37. The number of rotatable bonds is 6. The molecular formula is C12H19N3O5S2. The molecule has 124 valence electrons. The van der Waals surface area contributed by atoms with Crippen LogP contribution in [0.15, 0.2) is 29.2 Å². The Morgan fingerprint density at radius 2 is 1.73 bits per heavy atom. The Morgan fingerprint density at radius 3 is 2.18 bits per heavy atom. The lowest BCUT2D eigenvalue weighted by Crippen LogP contribution is -2.50. The minimum Gasteiger partial charge on any atom is -0.336 e. The molecule has 0 aliphatic carbocycles. The molecule has 0 spiro atoms. The second kappa shape index (κ2) is 7.07. The van der Waals surface area contributed by atoms with Gasteiger partial charge >= 0.3 is 16.2 Å². The van der Waals surface area contributed by atoms with Crippen LogP contribution in [0.4, 0.5) is 4.79 Å². The SMILES string of the molecule is CCCCNC(=O)N(S(N)(=O)=O)S(=O)(=O)c1ccc(C)cc1. The Labute approximate surface area is 130 Å². The van der Waals surface area contributed by atoms with E-state index in [0.717, 1.165) is 12.0 Å². The molecule has 8 nitrogen and oxygen atoms in total. The van der Waals surface area contributed by atoms with Gasteiger partial charge in [0.15, 0.2) is 0 Å². The van der Waals surface area contributed by atoms with Gasteiger partial charge in [-0.15, -0.1) is 0 Å². The van der Waals surface area contributed by atoms with Crippen molar-refractivity contribution in [2.75, 3.05) is 6.54 Å². The minimum absolute atomic E-state index is 0.144. The summed E-state index contributed by atoms with van der Waals surface area (Å²) in [6.07, 6.45) is 1.33. The summed E-state index contributed by atoms with van der Waals surface area (Å²) >= 11 is 0. The largest absolute Gasteiger partial charge is 0.346 e. The third-order valence-corrected chi connectivity index (χ3v) is 6.05. The fraction of sp³-hybridized carbons (Fsp3) is 0.417. The minimum atomic E-state index is -4.78. The van der Waals surface area contributed by atoms with Gasteiger partial charge in [0, 0.05) is 6.54 Å². The maximum atomic E-state index is 12.4. The molecule has 0 saturated heterocycles. The van der Waals surface area contributed by atoms with Crippen LogP contribution < -0.4 is 10.5 Å². The predicted octanol–water partition coefficient (Wildman–Crippen LogP) is 0.699. The van der Waals surface area contributed by atoms with Crippen LogP contribution in [0, 0.1) is 6.92 Å². The second-order valence-corrected chi connectivity index (χ2v) is 8.06. The molecule has 0 atom stereocenters. The zero-order valence-electron chi connectivity index (χ0n) is 12.3. The summed E-state index contributed by atoms with van der Waals surface area (Å²) in [5.41, 5.74) is 0.786. The van der Waals surface area contributed by atoms with Gasteiger partial charge in [-0.05, 0) is 25.5 Å².